The molecule has 0 amide bonds. The highest BCUT2D eigenvalue weighted by Crippen LogP contribution is 2.36. The summed E-state index contributed by atoms with van der Waals surface area (Å²) in [5.41, 5.74) is 2.33. The van der Waals surface area contributed by atoms with Gasteiger partial charge in [0.05, 0.1) is 4.92 Å². The van der Waals surface area contributed by atoms with Gasteiger partial charge in [-0.3, -0.25) is 10.1 Å². The molecule has 0 spiro atoms. The van der Waals surface area contributed by atoms with E-state index in [2.05, 4.69) is 15.9 Å². The van der Waals surface area contributed by atoms with Crippen LogP contribution in [0.4, 0.5) is 5.69 Å². The predicted octanol–water partition coefficient (Wildman–Crippen LogP) is 4.43. The first-order valence-electron chi connectivity index (χ1n) is 5.86. The smallest absolute Gasteiger partial charge is 0.273 e. The Labute approximate surface area is 117 Å². The summed E-state index contributed by atoms with van der Waals surface area (Å²) < 4.78 is 5.74. The van der Waals surface area contributed by atoms with Gasteiger partial charge in [0.1, 0.15) is 11.2 Å². The van der Waals surface area contributed by atoms with E-state index in [4.69, 9.17) is 4.42 Å². The Hall–Kier alpha value is -1.88. The molecule has 0 aliphatic rings. The number of rotatable bonds is 3. The van der Waals surface area contributed by atoms with E-state index in [1.54, 1.807) is 6.07 Å². The average molecular weight is 320 g/mol. The molecule has 1 heterocycles. The number of hydrogen-bond acceptors (Lipinski definition) is 3. The SMILES string of the molecule is O=[N+]([O-])c1ccc2oc3ccccc3c2c1CCBr. The Morgan fingerprint density at radius 2 is 1.95 bits per heavy atom. The van der Waals surface area contributed by atoms with E-state index in [1.165, 1.54) is 6.07 Å². The second-order valence-electron chi connectivity index (χ2n) is 4.23. The van der Waals surface area contributed by atoms with Crippen LogP contribution in [-0.2, 0) is 6.42 Å². The van der Waals surface area contributed by atoms with E-state index >= 15 is 0 Å². The van der Waals surface area contributed by atoms with Crippen LogP contribution in [-0.4, -0.2) is 10.3 Å². The molecule has 0 fully saturated rings. The lowest BCUT2D eigenvalue weighted by Gasteiger charge is -2.02. The van der Waals surface area contributed by atoms with Crippen molar-refractivity contribution in [3.8, 4) is 0 Å². The maximum Gasteiger partial charge on any atom is 0.273 e. The minimum Gasteiger partial charge on any atom is -0.456 e. The van der Waals surface area contributed by atoms with Crippen molar-refractivity contribution in [1.29, 1.82) is 0 Å². The van der Waals surface area contributed by atoms with E-state index in [-0.39, 0.29) is 10.6 Å². The molecule has 0 atom stereocenters. The van der Waals surface area contributed by atoms with Gasteiger partial charge in [-0.05, 0) is 18.6 Å². The number of benzene rings is 2. The molecule has 2 aromatic carbocycles. The minimum absolute atomic E-state index is 0.151. The molecule has 3 rings (SSSR count). The molecule has 0 radical (unpaired) electrons. The van der Waals surface area contributed by atoms with Crippen molar-refractivity contribution in [2.75, 3.05) is 5.33 Å². The molecule has 0 N–H and O–H groups in total. The predicted molar refractivity (Wildman–Crippen MR) is 77.9 cm³/mol. The second kappa shape index (κ2) is 4.66. The number of alkyl halides is 1. The number of hydrogen-bond donors (Lipinski definition) is 0. The monoisotopic (exact) mass is 319 g/mol. The normalized spacial score (nSPS) is 11.2. The third-order valence-corrected chi connectivity index (χ3v) is 3.56. The van der Waals surface area contributed by atoms with Crippen LogP contribution >= 0.6 is 15.9 Å². The van der Waals surface area contributed by atoms with Crippen molar-refractivity contribution in [3.63, 3.8) is 0 Å². The number of halogens is 1. The van der Waals surface area contributed by atoms with E-state index < -0.39 is 0 Å². The lowest BCUT2D eigenvalue weighted by molar-refractivity contribution is -0.385. The second-order valence-corrected chi connectivity index (χ2v) is 5.02. The molecule has 0 saturated carbocycles. The van der Waals surface area contributed by atoms with Gasteiger partial charge in [0, 0.05) is 27.7 Å². The fraction of sp³-hybridized carbons (Fsp3) is 0.143. The van der Waals surface area contributed by atoms with E-state index in [0.717, 1.165) is 21.9 Å². The zero-order chi connectivity index (χ0) is 13.4. The molecule has 0 saturated heterocycles. The Morgan fingerprint density at radius 1 is 1.16 bits per heavy atom. The Bertz CT molecular complexity index is 779. The molecule has 19 heavy (non-hydrogen) atoms. The van der Waals surface area contributed by atoms with Crippen LogP contribution in [0.5, 0.6) is 0 Å². The van der Waals surface area contributed by atoms with Crippen LogP contribution in [0.15, 0.2) is 40.8 Å². The average Bonchev–Trinajstić information content (AvgIpc) is 2.77. The van der Waals surface area contributed by atoms with Crippen LogP contribution in [0.2, 0.25) is 0 Å². The Balaban J connectivity index is 2.46. The minimum atomic E-state index is -0.334. The number of nitrogens with zero attached hydrogens (tertiary/aromatic N) is 1. The van der Waals surface area contributed by atoms with Gasteiger partial charge in [0.25, 0.3) is 5.69 Å². The van der Waals surface area contributed by atoms with Gasteiger partial charge in [-0.25, -0.2) is 0 Å². The van der Waals surface area contributed by atoms with E-state index in [1.807, 2.05) is 24.3 Å². The summed E-state index contributed by atoms with van der Waals surface area (Å²) in [5, 5.41) is 13.6. The quantitative estimate of drug-likeness (QED) is 0.407. The highest BCUT2D eigenvalue weighted by atomic mass is 79.9. The Kier molecular flexibility index (Phi) is 2.98. The van der Waals surface area contributed by atoms with Crippen LogP contribution in [0.3, 0.4) is 0 Å². The summed E-state index contributed by atoms with van der Waals surface area (Å²) in [6.07, 6.45) is 0.594. The van der Waals surface area contributed by atoms with Gasteiger partial charge >= 0.3 is 0 Å². The van der Waals surface area contributed by atoms with Crippen LogP contribution < -0.4 is 0 Å². The number of nitro benzene ring substituents is 1. The van der Waals surface area contributed by atoms with Crippen LogP contribution in [0.25, 0.3) is 21.9 Å². The van der Waals surface area contributed by atoms with Gasteiger partial charge in [0.2, 0.25) is 0 Å². The first-order valence-corrected chi connectivity index (χ1v) is 6.98. The maximum atomic E-state index is 11.2. The lowest BCUT2D eigenvalue weighted by Crippen LogP contribution is -1.96. The molecule has 3 aromatic rings. The van der Waals surface area contributed by atoms with Gasteiger partial charge in [-0.15, -0.1) is 0 Å². The summed E-state index contributed by atoms with van der Waals surface area (Å²) in [6.45, 7) is 0. The third kappa shape index (κ3) is 1.90. The maximum absolute atomic E-state index is 11.2. The van der Waals surface area contributed by atoms with Gasteiger partial charge in [-0.1, -0.05) is 34.1 Å². The number of furan rings is 1. The molecule has 0 aliphatic heterocycles. The van der Waals surface area contributed by atoms with Gasteiger partial charge in [-0.2, -0.15) is 0 Å². The molecule has 0 unspecified atom stereocenters. The molecule has 96 valence electrons. The van der Waals surface area contributed by atoms with Crippen LogP contribution in [0, 0.1) is 10.1 Å². The van der Waals surface area contributed by atoms with Crippen molar-refractivity contribution in [3.05, 3.63) is 52.1 Å². The van der Waals surface area contributed by atoms with Crippen molar-refractivity contribution in [2.45, 2.75) is 6.42 Å². The number of para-hydroxylation sites is 1. The molecular formula is C14H10BrNO3. The zero-order valence-corrected chi connectivity index (χ0v) is 11.5. The fourth-order valence-electron chi connectivity index (χ4n) is 2.39. The zero-order valence-electron chi connectivity index (χ0n) is 9.93. The Morgan fingerprint density at radius 3 is 2.68 bits per heavy atom. The molecule has 1 aromatic heterocycles. The number of aryl methyl sites for hydroxylation is 1. The van der Waals surface area contributed by atoms with E-state index in [0.29, 0.717) is 17.3 Å². The van der Waals surface area contributed by atoms with Crippen molar-refractivity contribution >= 4 is 43.6 Å². The molecule has 4 nitrogen and oxygen atoms in total. The van der Waals surface area contributed by atoms with Crippen molar-refractivity contribution < 1.29 is 9.34 Å². The molecule has 5 heteroatoms. The number of nitro groups is 1. The molecule has 0 bridgehead atoms. The highest BCUT2D eigenvalue weighted by Gasteiger charge is 2.20. The first kappa shape index (κ1) is 12.2. The van der Waals surface area contributed by atoms with Crippen molar-refractivity contribution in [1.82, 2.24) is 0 Å². The number of fused-ring (bicyclic) bond motifs is 3. The van der Waals surface area contributed by atoms with Gasteiger partial charge in [0.15, 0.2) is 0 Å². The summed E-state index contributed by atoms with van der Waals surface area (Å²) in [4.78, 5) is 10.8. The largest absolute Gasteiger partial charge is 0.456 e. The highest BCUT2D eigenvalue weighted by molar-refractivity contribution is 9.09. The van der Waals surface area contributed by atoms with Crippen molar-refractivity contribution in [2.24, 2.45) is 0 Å². The van der Waals surface area contributed by atoms with Crippen LogP contribution in [0.1, 0.15) is 5.56 Å². The topological polar surface area (TPSA) is 56.3 Å². The van der Waals surface area contributed by atoms with Gasteiger partial charge < -0.3 is 4.42 Å². The summed E-state index contributed by atoms with van der Waals surface area (Å²) in [7, 11) is 0. The summed E-state index contributed by atoms with van der Waals surface area (Å²) >= 11 is 3.35. The first-order chi connectivity index (χ1) is 9.22. The molecular weight excluding hydrogens is 310 g/mol. The third-order valence-electron chi connectivity index (χ3n) is 3.17. The lowest BCUT2D eigenvalue weighted by atomic mass is 10.0. The summed E-state index contributed by atoms with van der Waals surface area (Å²) in [5.74, 6) is 0. The summed E-state index contributed by atoms with van der Waals surface area (Å²) in [6, 6.07) is 10.8. The van der Waals surface area contributed by atoms with E-state index in [9.17, 15) is 10.1 Å². The molecule has 0 aliphatic carbocycles. The standard InChI is InChI=1S/C14H10BrNO3/c15-8-7-9-11(16(17)18)5-6-13-14(9)10-3-1-2-4-12(10)19-13/h1-6H,7-8H2. The fourth-order valence-corrected chi connectivity index (χ4v) is 2.79.